The minimum Gasteiger partial charge on any atom is -0.463 e. The average molecular weight is 416 g/mol. The lowest BCUT2D eigenvalue weighted by molar-refractivity contribution is -0.137. The Morgan fingerprint density at radius 2 is 1.66 bits per heavy atom. The van der Waals surface area contributed by atoms with E-state index in [0.717, 1.165) is 5.56 Å². The number of esters is 1. The third-order valence-electron chi connectivity index (χ3n) is 3.68. The second-order valence-corrected chi connectivity index (χ2v) is 8.18. The van der Waals surface area contributed by atoms with Crippen LogP contribution in [0.15, 0.2) is 59.5 Å². The first kappa shape index (κ1) is 22.3. The number of benzene rings is 2. The van der Waals surface area contributed by atoms with Gasteiger partial charge < -0.3 is 10.1 Å². The van der Waals surface area contributed by atoms with Crippen molar-refractivity contribution in [3.05, 3.63) is 65.7 Å². The van der Waals surface area contributed by atoms with Crippen molar-refractivity contribution >= 4 is 33.7 Å². The quantitative estimate of drug-likeness (QED) is 0.508. The molecule has 0 aliphatic heterocycles. The summed E-state index contributed by atoms with van der Waals surface area (Å²) in [6.45, 7) is 5.52. The maximum Gasteiger partial charge on any atom is 0.330 e. The van der Waals surface area contributed by atoms with Gasteiger partial charge >= 0.3 is 5.97 Å². The SMILES string of the molecule is CCOC(=O)/C=C/c1ccc(NC(=O)c2ccc(S(=O)(=O)NC(C)C)cc2)cc1. The number of amides is 1. The van der Waals surface area contributed by atoms with Gasteiger partial charge in [-0.25, -0.2) is 17.9 Å². The number of carbonyl (C=O) groups is 2. The lowest BCUT2D eigenvalue weighted by atomic mass is 10.1. The van der Waals surface area contributed by atoms with Crippen molar-refractivity contribution in [3.8, 4) is 0 Å². The van der Waals surface area contributed by atoms with Gasteiger partial charge in [-0.05, 0) is 68.8 Å². The van der Waals surface area contributed by atoms with E-state index in [4.69, 9.17) is 4.74 Å². The first-order valence-corrected chi connectivity index (χ1v) is 10.6. The van der Waals surface area contributed by atoms with E-state index in [2.05, 4.69) is 10.0 Å². The minimum atomic E-state index is -3.60. The molecule has 0 heterocycles. The van der Waals surface area contributed by atoms with E-state index in [0.29, 0.717) is 17.9 Å². The normalized spacial score (nSPS) is 11.6. The largest absolute Gasteiger partial charge is 0.463 e. The van der Waals surface area contributed by atoms with E-state index < -0.39 is 16.0 Å². The molecule has 0 aliphatic rings. The molecule has 1 amide bonds. The molecule has 0 radical (unpaired) electrons. The fraction of sp³-hybridized carbons (Fsp3) is 0.238. The van der Waals surface area contributed by atoms with Crippen molar-refractivity contribution in [1.29, 1.82) is 0 Å². The highest BCUT2D eigenvalue weighted by molar-refractivity contribution is 7.89. The summed E-state index contributed by atoms with van der Waals surface area (Å²) in [5, 5.41) is 2.74. The van der Waals surface area contributed by atoms with Crippen molar-refractivity contribution in [2.45, 2.75) is 31.7 Å². The number of rotatable bonds is 8. The fourth-order valence-electron chi connectivity index (χ4n) is 2.40. The van der Waals surface area contributed by atoms with Crippen LogP contribution in [0.5, 0.6) is 0 Å². The van der Waals surface area contributed by atoms with Crippen LogP contribution in [-0.4, -0.2) is 32.9 Å². The molecule has 2 aromatic carbocycles. The number of nitrogens with one attached hydrogen (secondary N) is 2. The monoisotopic (exact) mass is 416 g/mol. The molecule has 29 heavy (non-hydrogen) atoms. The molecule has 0 saturated heterocycles. The number of hydrogen-bond donors (Lipinski definition) is 2. The third-order valence-corrected chi connectivity index (χ3v) is 5.36. The van der Waals surface area contributed by atoms with Crippen molar-refractivity contribution in [2.75, 3.05) is 11.9 Å². The van der Waals surface area contributed by atoms with Crippen LogP contribution < -0.4 is 10.0 Å². The molecule has 0 aliphatic carbocycles. The summed E-state index contributed by atoms with van der Waals surface area (Å²) in [6.07, 6.45) is 2.95. The summed E-state index contributed by atoms with van der Waals surface area (Å²) in [7, 11) is -3.60. The Hall–Kier alpha value is -2.97. The molecule has 2 N–H and O–H groups in total. The summed E-state index contributed by atoms with van der Waals surface area (Å²) in [5.74, 6) is -0.778. The summed E-state index contributed by atoms with van der Waals surface area (Å²) < 4.78 is 31.6. The van der Waals surface area contributed by atoms with Crippen LogP contribution in [-0.2, 0) is 19.6 Å². The minimum absolute atomic E-state index is 0.0977. The van der Waals surface area contributed by atoms with Crippen LogP contribution in [0, 0.1) is 0 Å². The van der Waals surface area contributed by atoms with E-state index in [9.17, 15) is 18.0 Å². The number of carbonyl (C=O) groups excluding carboxylic acids is 2. The first-order chi connectivity index (χ1) is 13.7. The Bertz CT molecular complexity index is 979. The van der Waals surface area contributed by atoms with Gasteiger partial charge in [-0.15, -0.1) is 0 Å². The molecule has 2 aromatic rings. The van der Waals surface area contributed by atoms with Gasteiger partial charge in [-0.1, -0.05) is 12.1 Å². The zero-order valence-corrected chi connectivity index (χ0v) is 17.3. The van der Waals surface area contributed by atoms with E-state index >= 15 is 0 Å². The zero-order chi connectivity index (χ0) is 21.4. The second kappa shape index (κ2) is 9.99. The number of hydrogen-bond acceptors (Lipinski definition) is 5. The number of ether oxygens (including phenoxy) is 1. The van der Waals surface area contributed by atoms with Crippen LogP contribution in [0.2, 0.25) is 0 Å². The maximum atomic E-state index is 12.4. The van der Waals surface area contributed by atoms with Crippen LogP contribution in [0.1, 0.15) is 36.7 Å². The molecule has 8 heteroatoms. The third kappa shape index (κ3) is 6.85. The molecule has 0 fully saturated rings. The van der Waals surface area contributed by atoms with Crippen molar-refractivity contribution < 1.29 is 22.7 Å². The van der Waals surface area contributed by atoms with E-state index in [1.165, 1.54) is 30.3 Å². The molecule has 0 spiro atoms. The highest BCUT2D eigenvalue weighted by Gasteiger charge is 2.16. The summed E-state index contributed by atoms with van der Waals surface area (Å²) in [6, 6.07) is 12.4. The Kier molecular flexibility index (Phi) is 7.69. The van der Waals surface area contributed by atoms with Crippen molar-refractivity contribution in [1.82, 2.24) is 4.72 Å². The Morgan fingerprint density at radius 1 is 1.03 bits per heavy atom. The molecule has 0 unspecified atom stereocenters. The Morgan fingerprint density at radius 3 is 2.21 bits per heavy atom. The first-order valence-electron chi connectivity index (χ1n) is 9.10. The van der Waals surface area contributed by atoms with Crippen molar-refractivity contribution in [3.63, 3.8) is 0 Å². The van der Waals surface area contributed by atoms with Gasteiger partial charge in [-0.3, -0.25) is 4.79 Å². The molecule has 0 atom stereocenters. The van der Waals surface area contributed by atoms with E-state index in [1.54, 1.807) is 51.1 Å². The van der Waals surface area contributed by atoms with Gasteiger partial charge in [-0.2, -0.15) is 0 Å². The van der Waals surface area contributed by atoms with E-state index in [-0.39, 0.29) is 16.8 Å². The topological polar surface area (TPSA) is 102 Å². The highest BCUT2D eigenvalue weighted by Crippen LogP contribution is 2.15. The molecule has 2 rings (SSSR count). The smallest absolute Gasteiger partial charge is 0.330 e. The van der Waals surface area contributed by atoms with Gasteiger partial charge in [0.05, 0.1) is 11.5 Å². The van der Waals surface area contributed by atoms with Gasteiger partial charge in [0.1, 0.15) is 0 Å². The Labute approximate surface area is 170 Å². The molecular weight excluding hydrogens is 392 g/mol. The average Bonchev–Trinajstić information content (AvgIpc) is 2.67. The highest BCUT2D eigenvalue weighted by atomic mass is 32.2. The molecule has 0 saturated carbocycles. The number of anilines is 1. The van der Waals surface area contributed by atoms with Crippen LogP contribution in [0.25, 0.3) is 6.08 Å². The second-order valence-electron chi connectivity index (χ2n) is 6.46. The Balaban J connectivity index is 2.02. The molecule has 0 bridgehead atoms. The summed E-state index contributed by atoms with van der Waals surface area (Å²) in [4.78, 5) is 23.8. The zero-order valence-electron chi connectivity index (χ0n) is 16.5. The van der Waals surface area contributed by atoms with Crippen LogP contribution in [0.3, 0.4) is 0 Å². The van der Waals surface area contributed by atoms with Crippen LogP contribution in [0.4, 0.5) is 5.69 Å². The summed E-state index contributed by atoms with van der Waals surface area (Å²) >= 11 is 0. The predicted octanol–water partition coefficient (Wildman–Crippen LogP) is 3.20. The van der Waals surface area contributed by atoms with Gasteiger partial charge in [0.25, 0.3) is 5.91 Å². The van der Waals surface area contributed by atoms with Crippen molar-refractivity contribution in [2.24, 2.45) is 0 Å². The molecule has 154 valence electrons. The molecule has 0 aromatic heterocycles. The van der Waals surface area contributed by atoms with Gasteiger partial charge in [0, 0.05) is 23.4 Å². The number of sulfonamides is 1. The lowest BCUT2D eigenvalue weighted by Gasteiger charge is -2.10. The van der Waals surface area contributed by atoms with Gasteiger partial charge in [0.15, 0.2) is 0 Å². The van der Waals surface area contributed by atoms with Gasteiger partial charge in [0.2, 0.25) is 10.0 Å². The van der Waals surface area contributed by atoms with E-state index in [1.807, 2.05) is 0 Å². The maximum absolute atomic E-state index is 12.4. The fourth-order valence-corrected chi connectivity index (χ4v) is 3.65. The summed E-state index contributed by atoms with van der Waals surface area (Å²) in [5.41, 5.74) is 1.68. The standard InChI is InChI=1S/C21H24N2O5S/c1-4-28-20(24)14-7-16-5-10-18(11-6-16)22-21(25)17-8-12-19(13-9-17)29(26,27)23-15(2)3/h5-15,23H,4H2,1-3H3,(H,22,25)/b14-7+. The lowest BCUT2D eigenvalue weighted by Crippen LogP contribution is -2.30. The molecular formula is C21H24N2O5S. The van der Waals surface area contributed by atoms with Crippen LogP contribution >= 0.6 is 0 Å². The molecule has 7 nitrogen and oxygen atoms in total. The predicted molar refractivity (Wildman–Crippen MR) is 112 cm³/mol.